The highest BCUT2D eigenvalue weighted by molar-refractivity contribution is 7.89. The van der Waals surface area contributed by atoms with Crippen LogP contribution in [-0.2, 0) is 10.0 Å². The molecule has 0 aromatic carbocycles. The molecule has 0 aliphatic heterocycles. The molecule has 1 aliphatic rings. The van der Waals surface area contributed by atoms with E-state index < -0.39 is 26.2 Å². The number of sulfonamides is 1. The molecule has 106 valence electrons. The Balaban J connectivity index is 2.51. The second-order valence-corrected chi connectivity index (χ2v) is 6.38. The zero-order valence-corrected chi connectivity index (χ0v) is 11.3. The van der Waals surface area contributed by atoms with Gasteiger partial charge in [-0.3, -0.25) is 14.3 Å². The smallest absolute Gasteiger partial charge is 0.296 e. The minimum Gasteiger partial charge on any atom is -0.296 e. The molecule has 0 radical (unpaired) electrons. The highest BCUT2D eigenvalue weighted by Gasteiger charge is 2.20. The highest BCUT2D eigenvalue weighted by Crippen LogP contribution is 2.25. The van der Waals surface area contributed by atoms with Gasteiger partial charge < -0.3 is 0 Å². The summed E-state index contributed by atoms with van der Waals surface area (Å²) in [7, 11) is -4.12. The van der Waals surface area contributed by atoms with Gasteiger partial charge in [0.25, 0.3) is 5.56 Å². The molecule has 1 aromatic rings. The number of nitrogens with two attached hydrogens (primary N) is 1. The van der Waals surface area contributed by atoms with Crippen LogP contribution in [0.2, 0.25) is 0 Å². The topological polar surface area (TPSA) is 115 Å². The van der Waals surface area contributed by atoms with Gasteiger partial charge in [0.1, 0.15) is 0 Å². The van der Waals surface area contributed by atoms with Gasteiger partial charge in [-0.15, -0.1) is 0 Å². The lowest BCUT2D eigenvalue weighted by atomic mass is 10.1. The molecular formula is C11H17N3O4S. The van der Waals surface area contributed by atoms with Crippen LogP contribution in [-0.4, -0.2) is 18.0 Å². The van der Waals surface area contributed by atoms with E-state index in [9.17, 15) is 18.0 Å². The van der Waals surface area contributed by atoms with Crippen LogP contribution in [0.25, 0.3) is 0 Å². The van der Waals surface area contributed by atoms with Crippen LogP contribution in [0.5, 0.6) is 0 Å². The Labute approximate surface area is 110 Å². The summed E-state index contributed by atoms with van der Waals surface area (Å²) in [4.78, 5) is 24.7. The molecule has 1 fully saturated rings. The molecule has 1 heterocycles. The van der Waals surface area contributed by atoms with Crippen molar-refractivity contribution in [1.29, 1.82) is 0 Å². The van der Waals surface area contributed by atoms with E-state index in [1.54, 1.807) is 0 Å². The Bertz CT molecular complexity index is 666. The molecule has 0 saturated heterocycles. The van der Waals surface area contributed by atoms with Crippen LogP contribution in [0.1, 0.15) is 44.6 Å². The number of rotatable bonds is 2. The molecule has 7 nitrogen and oxygen atoms in total. The molecule has 1 saturated carbocycles. The number of nitrogens with zero attached hydrogens (tertiary/aromatic N) is 1. The van der Waals surface area contributed by atoms with Gasteiger partial charge in [0.05, 0.1) is 0 Å². The van der Waals surface area contributed by atoms with Crippen molar-refractivity contribution in [2.24, 2.45) is 5.14 Å². The van der Waals surface area contributed by atoms with Gasteiger partial charge in [-0.25, -0.2) is 18.4 Å². The van der Waals surface area contributed by atoms with Crippen molar-refractivity contribution in [3.05, 3.63) is 27.0 Å². The predicted octanol–water partition coefficient (Wildman–Crippen LogP) is 0.0793. The van der Waals surface area contributed by atoms with Crippen molar-refractivity contribution in [2.75, 3.05) is 0 Å². The molecule has 0 atom stereocenters. The van der Waals surface area contributed by atoms with Crippen molar-refractivity contribution in [3.8, 4) is 0 Å². The summed E-state index contributed by atoms with van der Waals surface area (Å²) in [5, 5.41) is 4.97. The molecule has 1 aromatic heterocycles. The van der Waals surface area contributed by atoms with Crippen molar-refractivity contribution >= 4 is 10.0 Å². The molecule has 0 unspecified atom stereocenters. The number of hydrogen-bond donors (Lipinski definition) is 2. The van der Waals surface area contributed by atoms with E-state index in [-0.39, 0.29) is 6.04 Å². The summed E-state index contributed by atoms with van der Waals surface area (Å²) < 4.78 is 23.9. The van der Waals surface area contributed by atoms with Crippen LogP contribution >= 0.6 is 0 Å². The van der Waals surface area contributed by atoms with E-state index in [1.807, 2.05) is 4.98 Å². The van der Waals surface area contributed by atoms with E-state index in [2.05, 4.69) is 0 Å². The summed E-state index contributed by atoms with van der Waals surface area (Å²) in [6.45, 7) is 0. The van der Waals surface area contributed by atoms with Gasteiger partial charge in [0, 0.05) is 12.2 Å². The molecular weight excluding hydrogens is 270 g/mol. The monoisotopic (exact) mass is 287 g/mol. The number of aromatic nitrogens is 2. The summed E-state index contributed by atoms with van der Waals surface area (Å²) >= 11 is 0. The first-order chi connectivity index (χ1) is 8.89. The Morgan fingerprint density at radius 2 is 1.74 bits per heavy atom. The molecule has 3 N–H and O–H groups in total. The van der Waals surface area contributed by atoms with Gasteiger partial charge in [-0.1, -0.05) is 25.7 Å². The van der Waals surface area contributed by atoms with Crippen LogP contribution < -0.4 is 16.4 Å². The average molecular weight is 287 g/mol. The van der Waals surface area contributed by atoms with Crippen LogP contribution in [0.3, 0.4) is 0 Å². The van der Waals surface area contributed by atoms with Gasteiger partial charge in [0.2, 0.25) is 10.0 Å². The maximum atomic E-state index is 11.8. The van der Waals surface area contributed by atoms with E-state index in [4.69, 9.17) is 5.14 Å². The fourth-order valence-electron chi connectivity index (χ4n) is 2.48. The zero-order chi connectivity index (χ0) is 14.0. The van der Waals surface area contributed by atoms with E-state index in [0.29, 0.717) is 0 Å². The second kappa shape index (κ2) is 5.30. The number of nitrogens with one attached hydrogen (secondary N) is 1. The molecule has 0 bridgehead atoms. The third-order valence-corrected chi connectivity index (χ3v) is 4.36. The highest BCUT2D eigenvalue weighted by atomic mass is 32.2. The van der Waals surface area contributed by atoms with Crippen LogP contribution in [0.4, 0.5) is 0 Å². The Hall–Kier alpha value is -1.41. The summed E-state index contributed by atoms with van der Waals surface area (Å²) in [6.07, 6.45) is 6.87. The standard InChI is InChI=1S/C11H17N3O4S/c12-19(17,18)9-7-14(11(16)13-10(9)15)8-5-3-1-2-4-6-8/h7-8H,1-6H2,(H2,12,17,18)(H,13,15,16). The molecule has 0 amide bonds. The third kappa shape index (κ3) is 3.13. The fraction of sp³-hybridized carbons (Fsp3) is 0.636. The lowest BCUT2D eigenvalue weighted by Crippen LogP contribution is -2.36. The average Bonchev–Trinajstić information content (AvgIpc) is 2.55. The van der Waals surface area contributed by atoms with Gasteiger partial charge >= 0.3 is 5.69 Å². The van der Waals surface area contributed by atoms with Crippen molar-refractivity contribution in [3.63, 3.8) is 0 Å². The normalized spacial score (nSPS) is 18.2. The Morgan fingerprint density at radius 1 is 1.16 bits per heavy atom. The molecule has 0 spiro atoms. The molecule has 2 rings (SSSR count). The molecule has 19 heavy (non-hydrogen) atoms. The Morgan fingerprint density at radius 3 is 2.26 bits per heavy atom. The van der Waals surface area contributed by atoms with Crippen LogP contribution in [0, 0.1) is 0 Å². The second-order valence-electron chi connectivity index (χ2n) is 4.85. The summed E-state index contributed by atoms with van der Waals surface area (Å²) in [5.74, 6) is 0. The lowest BCUT2D eigenvalue weighted by molar-refractivity contribution is 0.419. The van der Waals surface area contributed by atoms with Crippen molar-refractivity contribution < 1.29 is 8.42 Å². The summed E-state index contributed by atoms with van der Waals surface area (Å²) in [6, 6.07) is -0.0765. The van der Waals surface area contributed by atoms with Gasteiger partial charge in [-0.2, -0.15) is 0 Å². The summed E-state index contributed by atoms with van der Waals surface area (Å²) in [5.41, 5.74) is -1.54. The largest absolute Gasteiger partial charge is 0.328 e. The van der Waals surface area contributed by atoms with Gasteiger partial charge in [-0.05, 0) is 12.8 Å². The number of H-pyrrole nitrogens is 1. The van der Waals surface area contributed by atoms with Gasteiger partial charge in [0.15, 0.2) is 4.90 Å². The minimum absolute atomic E-state index is 0.0765. The van der Waals surface area contributed by atoms with E-state index >= 15 is 0 Å². The maximum Gasteiger partial charge on any atom is 0.328 e. The number of aromatic amines is 1. The molecule has 1 aliphatic carbocycles. The van der Waals surface area contributed by atoms with Crippen molar-refractivity contribution in [1.82, 2.24) is 9.55 Å². The van der Waals surface area contributed by atoms with Crippen molar-refractivity contribution in [2.45, 2.75) is 49.5 Å². The first kappa shape index (κ1) is 14.0. The first-order valence-corrected chi connectivity index (χ1v) is 7.82. The predicted molar refractivity (Wildman–Crippen MR) is 69.4 cm³/mol. The van der Waals surface area contributed by atoms with Crippen LogP contribution in [0.15, 0.2) is 20.7 Å². The van der Waals surface area contributed by atoms with E-state index in [1.165, 1.54) is 4.57 Å². The third-order valence-electron chi connectivity index (χ3n) is 3.46. The first-order valence-electron chi connectivity index (χ1n) is 6.28. The number of primary sulfonamides is 1. The quantitative estimate of drug-likeness (QED) is 0.749. The SMILES string of the molecule is NS(=O)(=O)c1cn(C2CCCCCC2)c(=O)[nH]c1=O. The fourth-order valence-corrected chi connectivity index (χ4v) is 3.05. The molecule has 8 heteroatoms. The zero-order valence-electron chi connectivity index (χ0n) is 10.5. The minimum atomic E-state index is -4.12. The maximum absolute atomic E-state index is 11.8. The lowest BCUT2D eigenvalue weighted by Gasteiger charge is -2.17. The van der Waals surface area contributed by atoms with E-state index in [0.717, 1.165) is 44.7 Å². The Kier molecular flexibility index (Phi) is 3.91. The number of hydrogen-bond acceptors (Lipinski definition) is 4.